The van der Waals surface area contributed by atoms with Gasteiger partial charge in [0.2, 0.25) is 0 Å². The molecule has 1 fully saturated rings. The van der Waals surface area contributed by atoms with Gasteiger partial charge in [-0.2, -0.15) is 0 Å². The molecule has 1 aliphatic heterocycles. The number of ether oxygens (including phenoxy) is 1. The van der Waals surface area contributed by atoms with E-state index in [1.807, 2.05) is 6.07 Å². The summed E-state index contributed by atoms with van der Waals surface area (Å²) in [5.41, 5.74) is 7.62. The van der Waals surface area contributed by atoms with Gasteiger partial charge in [-0.25, -0.2) is 4.98 Å². The molecule has 1 saturated heterocycles. The largest absolute Gasteiger partial charge is 0.397 e. The van der Waals surface area contributed by atoms with E-state index >= 15 is 0 Å². The number of nitrogens with two attached hydrogens (primary N) is 1. The van der Waals surface area contributed by atoms with E-state index in [4.69, 9.17) is 10.5 Å². The zero-order valence-electron chi connectivity index (χ0n) is 11.2. The molecule has 0 spiro atoms. The Bertz CT molecular complexity index is 389. The van der Waals surface area contributed by atoms with Crippen LogP contribution in [0.2, 0.25) is 0 Å². The molecule has 2 rings (SSSR count). The van der Waals surface area contributed by atoms with E-state index in [2.05, 4.69) is 21.7 Å². The van der Waals surface area contributed by atoms with Crippen molar-refractivity contribution in [2.75, 3.05) is 57.1 Å². The molecule has 0 aliphatic carbocycles. The van der Waals surface area contributed by atoms with Crippen LogP contribution in [0.3, 0.4) is 0 Å². The van der Waals surface area contributed by atoms with Crippen LogP contribution >= 0.6 is 0 Å². The first-order chi connectivity index (χ1) is 8.70. The van der Waals surface area contributed by atoms with E-state index in [0.29, 0.717) is 0 Å². The molecule has 0 bridgehead atoms. The van der Waals surface area contributed by atoms with Crippen molar-refractivity contribution in [1.82, 2.24) is 9.88 Å². The molecular formula is C13H22N4O. The predicted molar refractivity (Wildman–Crippen MR) is 73.9 cm³/mol. The van der Waals surface area contributed by atoms with Gasteiger partial charge >= 0.3 is 0 Å². The van der Waals surface area contributed by atoms with Crippen molar-refractivity contribution in [2.45, 2.75) is 6.92 Å². The lowest BCUT2D eigenvalue weighted by atomic mass is 10.2. The van der Waals surface area contributed by atoms with Crippen molar-refractivity contribution < 1.29 is 4.74 Å². The van der Waals surface area contributed by atoms with Crippen LogP contribution in [0.4, 0.5) is 11.5 Å². The molecule has 100 valence electrons. The average Bonchev–Trinajstić information content (AvgIpc) is 2.37. The highest BCUT2D eigenvalue weighted by atomic mass is 16.5. The van der Waals surface area contributed by atoms with Crippen LogP contribution in [0.5, 0.6) is 0 Å². The molecule has 0 radical (unpaired) electrons. The third-order valence-corrected chi connectivity index (χ3v) is 3.36. The number of hydrogen-bond acceptors (Lipinski definition) is 5. The van der Waals surface area contributed by atoms with Gasteiger partial charge in [0.1, 0.15) is 5.82 Å². The van der Waals surface area contributed by atoms with Crippen LogP contribution in [0.25, 0.3) is 0 Å². The van der Waals surface area contributed by atoms with Gasteiger partial charge in [-0.15, -0.1) is 0 Å². The lowest BCUT2D eigenvalue weighted by molar-refractivity contribution is 0.144. The van der Waals surface area contributed by atoms with Gasteiger partial charge in [0.25, 0.3) is 0 Å². The summed E-state index contributed by atoms with van der Waals surface area (Å²) < 4.78 is 5.11. The molecule has 0 unspecified atom stereocenters. The number of piperazine rings is 1. The first-order valence-electron chi connectivity index (χ1n) is 6.39. The number of aryl methyl sites for hydroxylation is 1. The van der Waals surface area contributed by atoms with E-state index in [1.165, 1.54) is 0 Å². The summed E-state index contributed by atoms with van der Waals surface area (Å²) in [4.78, 5) is 9.20. The molecular weight excluding hydrogens is 228 g/mol. The first kappa shape index (κ1) is 13.1. The highest BCUT2D eigenvalue weighted by Gasteiger charge is 2.18. The SMILES string of the molecule is COCCN1CCN(c2ncc(N)cc2C)CC1. The fraction of sp³-hybridized carbons (Fsp3) is 0.615. The van der Waals surface area contributed by atoms with Crippen molar-refractivity contribution in [3.63, 3.8) is 0 Å². The summed E-state index contributed by atoms with van der Waals surface area (Å²) in [6.45, 7) is 8.04. The van der Waals surface area contributed by atoms with Crippen LogP contribution < -0.4 is 10.6 Å². The second-order valence-corrected chi connectivity index (χ2v) is 4.73. The standard InChI is InChI=1S/C13H22N4O/c1-11-9-12(14)10-15-13(11)17-5-3-16(4-6-17)7-8-18-2/h9-10H,3-8,14H2,1-2H3. The van der Waals surface area contributed by atoms with Crippen molar-refractivity contribution in [1.29, 1.82) is 0 Å². The minimum absolute atomic E-state index is 0.731. The molecule has 1 aliphatic rings. The molecule has 1 aromatic heterocycles. The minimum Gasteiger partial charge on any atom is -0.397 e. The van der Waals surface area contributed by atoms with Gasteiger partial charge in [0.05, 0.1) is 18.5 Å². The van der Waals surface area contributed by atoms with Gasteiger partial charge in [0.15, 0.2) is 0 Å². The Labute approximate surface area is 109 Å². The van der Waals surface area contributed by atoms with Crippen molar-refractivity contribution >= 4 is 11.5 Å². The quantitative estimate of drug-likeness (QED) is 0.854. The molecule has 2 N–H and O–H groups in total. The highest BCUT2D eigenvalue weighted by Crippen LogP contribution is 2.20. The fourth-order valence-electron chi connectivity index (χ4n) is 2.32. The molecule has 1 aromatic rings. The third kappa shape index (κ3) is 3.11. The van der Waals surface area contributed by atoms with Crippen LogP contribution in [0.15, 0.2) is 12.3 Å². The van der Waals surface area contributed by atoms with Gasteiger partial charge in [-0.05, 0) is 18.6 Å². The Kier molecular flexibility index (Phi) is 4.38. The Morgan fingerprint density at radius 2 is 2.06 bits per heavy atom. The molecule has 5 heteroatoms. The predicted octanol–water partition coefficient (Wildman–Crippen LogP) is 0.741. The van der Waals surface area contributed by atoms with E-state index < -0.39 is 0 Å². The normalized spacial score (nSPS) is 17.1. The fourth-order valence-corrected chi connectivity index (χ4v) is 2.32. The first-order valence-corrected chi connectivity index (χ1v) is 6.39. The second-order valence-electron chi connectivity index (χ2n) is 4.73. The van der Waals surface area contributed by atoms with Crippen molar-refractivity contribution in [3.8, 4) is 0 Å². The van der Waals surface area contributed by atoms with Gasteiger partial charge < -0.3 is 15.4 Å². The van der Waals surface area contributed by atoms with Crippen LogP contribution in [0, 0.1) is 6.92 Å². The van der Waals surface area contributed by atoms with Gasteiger partial charge in [-0.1, -0.05) is 0 Å². The molecule has 2 heterocycles. The molecule has 0 atom stereocenters. The summed E-state index contributed by atoms with van der Waals surface area (Å²) in [6.07, 6.45) is 1.74. The Hall–Kier alpha value is -1.33. The van der Waals surface area contributed by atoms with E-state index in [9.17, 15) is 0 Å². The Balaban J connectivity index is 1.93. The molecule has 0 amide bonds. The number of rotatable bonds is 4. The maximum absolute atomic E-state index is 5.73. The number of hydrogen-bond donors (Lipinski definition) is 1. The average molecular weight is 250 g/mol. The lowest BCUT2D eigenvalue weighted by Gasteiger charge is -2.35. The zero-order valence-corrected chi connectivity index (χ0v) is 11.2. The Morgan fingerprint density at radius 1 is 1.33 bits per heavy atom. The van der Waals surface area contributed by atoms with Crippen LogP contribution in [-0.2, 0) is 4.74 Å². The van der Waals surface area contributed by atoms with Crippen LogP contribution in [-0.4, -0.2) is 56.3 Å². The number of pyridine rings is 1. The van der Waals surface area contributed by atoms with Gasteiger partial charge in [0, 0.05) is 39.8 Å². The maximum Gasteiger partial charge on any atom is 0.131 e. The Morgan fingerprint density at radius 3 is 2.67 bits per heavy atom. The third-order valence-electron chi connectivity index (χ3n) is 3.36. The molecule has 0 saturated carbocycles. The summed E-state index contributed by atoms with van der Waals surface area (Å²) >= 11 is 0. The molecule has 18 heavy (non-hydrogen) atoms. The number of anilines is 2. The summed E-state index contributed by atoms with van der Waals surface area (Å²) in [6, 6.07) is 1.99. The van der Waals surface area contributed by atoms with Crippen molar-refractivity contribution in [3.05, 3.63) is 17.8 Å². The van der Waals surface area contributed by atoms with E-state index in [0.717, 1.165) is 56.4 Å². The summed E-state index contributed by atoms with van der Waals surface area (Å²) in [5.74, 6) is 1.07. The van der Waals surface area contributed by atoms with Crippen LogP contribution in [0.1, 0.15) is 5.56 Å². The summed E-state index contributed by atoms with van der Waals surface area (Å²) in [7, 11) is 1.75. The smallest absolute Gasteiger partial charge is 0.131 e. The molecule has 5 nitrogen and oxygen atoms in total. The monoisotopic (exact) mass is 250 g/mol. The van der Waals surface area contributed by atoms with E-state index in [-0.39, 0.29) is 0 Å². The molecule has 0 aromatic carbocycles. The maximum atomic E-state index is 5.73. The number of methoxy groups -OCH3 is 1. The van der Waals surface area contributed by atoms with Crippen molar-refractivity contribution in [2.24, 2.45) is 0 Å². The lowest BCUT2D eigenvalue weighted by Crippen LogP contribution is -2.47. The van der Waals surface area contributed by atoms with Gasteiger partial charge in [-0.3, -0.25) is 4.90 Å². The second kappa shape index (κ2) is 6.02. The van der Waals surface area contributed by atoms with E-state index in [1.54, 1.807) is 13.3 Å². The number of nitrogen functional groups attached to an aromatic ring is 1. The topological polar surface area (TPSA) is 54.6 Å². The minimum atomic E-state index is 0.731. The highest BCUT2D eigenvalue weighted by molar-refractivity contribution is 5.52. The number of aromatic nitrogens is 1. The zero-order chi connectivity index (χ0) is 13.0. The number of nitrogens with zero attached hydrogens (tertiary/aromatic N) is 3. The summed E-state index contributed by atoms with van der Waals surface area (Å²) in [5, 5.41) is 0.